The molecule has 0 aliphatic carbocycles. The normalized spacial score (nSPS) is 11.4. The van der Waals surface area contributed by atoms with Gasteiger partial charge in [0.1, 0.15) is 0 Å². The fourth-order valence-corrected chi connectivity index (χ4v) is 8.98. The Morgan fingerprint density at radius 2 is 0.588 bits per heavy atom. The summed E-state index contributed by atoms with van der Waals surface area (Å²) in [5.74, 6) is 0. The lowest BCUT2D eigenvalue weighted by molar-refractivity contribution is 1.20. The molecule has 0 bridgehead atoms. The van der Waals surface area contributed by atoms with E-state index in [4.69, 9.17) is 0 Å². The number of fused-ring (bicyclic) bond motifs is 3. The average Bonchev–Trinajstić information content (AvgIpc) is 3.42. The molecule has 7 aromatic carbocycles. The number of aromatic nitrogens is 4. The zero-order chi connectivity index (χ0) is 45.5. The molecule has 4 heterocycles. The van der Waals surface area contributed by atoms with Gasteiger partial charge in [-0.2, -0.15) is 0 Å². The molecule has 0 aliphatic heterocycles. The van der Waals surface area contributed by atoms with Gasteiger partial charge in [0.2, 0.25) is 0 Å². The molecule has 0 atom stereocenters. The van der Waals surface area contributed by atoms with Gasteiger partial charge in [-0.25, -0.2) is 0 Å². The van der Waals surface area contributed by atoms with E-state index in [0.29, 0.717) is 0 Å². The van der Waals surface area contributed by atoms with Gasteiger partial charge in [0.05, 0.1) is 47.5 Å². The summed E-state index contributed by atoms with van der Waals surface area (Å²) in [5.41, 5.74) is 15.2. The third-order valence-electron chi connectivity index (χ3n) is 12.1. The summed E-state index contributed by atoms with van der Waals surface area (Å²) in [4.78, 5) is 21.9. The molecule has 0 spiro atoms. The molecule has 6 nitrogen and oxygen atoms in total. The minimum absolute atomic E-state index is 0.969. The van der Waals surface area contributed by atoms with E-state index in [0.717, 1.165) is 56.4 Å². The molecule has 11 aromatic rings. The number of pyridine rings is 4. The summed E-state index contributed by atoms with van der Waals surface area (Å²) in [6, 6.07) is 68.6. The molecule has 4 aromatic heterocycles. The van der Waals surface area contributed by atoms with Gasteiger partial charge in [0, 0.05) is 36.2 Å². The molecule has 322 valence electrons. The van der Waals surface area contributed by atoms with Crippen molar-refractivity contribution in [3.63, 3.8) is 0 Å². The fourth-order valence-electron chi connectivity index (χ4n) is 8.98. The zero-order valence-corrected chi connectivity index (χ0v) is 37.1. The molecule has 0 N–H and O–H groups in total. The lowest BCUT2D eigenvalue weighted by Crippen LogP contribution is -2.10. The number of benzene rings is 7. The maximum absolute atomic E-state index is 4.39. The van der Waals surface area contributed by atoms with Crippen molar-refractivity contribution in [1.82, 2.24) is 19.9 Å². The predicted octanol–water partition coefficient (Wildman–Crippen LogP) is 16.2. The van der Waals surface area contributed by atoms with Gasteiger partial charge in [0.25, 0.3) is 0 Å². The lowest BCUT2D eigenvalue weighted by Gasteiger charge is -2.24. The fraction of sp³-hybridized carbons (Fsp3) is 0. The second-order valence-electron chi connectivity index (χ2n) is 16.5. The van der Waals surface area contributed by atoms with Crippen LogP contribution in [0.5, 0.6) is 0 Å². The van der Waals surface area contributed by atoms with Crippen molar-refractivity contribution < 1.29 is 0 Å². The van der Waals surface area contributed by atoms with Crippen LogP contribution >= 0.6 is 0 Å². The van der Waals surface area contributed by atoms with Crippen LogP contribution in [0.4, 0.5) is 34.1 Å². The van der Waals surface area contributed by atoms with Crippen molar-refractivity contribution in [2.24, 2.45) is 0 Å². The molecule has 0 amide bonds. The number of hydrogen-bond donors (Lipinski definition) is 0. The molecule has 6 heteroatoms. The summed E-state index contributed by atoms with van der Waals surface area (Å²) < 4.78 is 0. The number of anilines is 6. The molecule has 0 unspecified atom stereocenters. The van der Waals surface area contributed by atoms with E-state index in [1.807, 2.05) is 49.1 Å². The quantitative estimate of drug-likeness (QED) is 0.0900. The van der Waals surface area contributed by atoms with E-state index in [1.165, 1.54) is 43.8 Å². The molecular formula is C62H44N6. The number of nitrogens with zero attached hydrogens (tertiary/aromatic N) is 6. The summed E-state index contributed by atoms with van der Waals surface area (Å²) in [7, 11) is 0. The second-order valence-corrected chi connectivity index (χ2v) is 16.5. The van der Waals surface area contributed by atoms with Crippen LogP contribution in [0.3, 0.4) is 0 Å². The smallest absolute Gasteiger partial charge is 0.0645 e. The molecule has 68 heavy (non-hydrogen) atoms. The number of hydrogen-bond acceptors (Lipinski definition) is 6. The van der Waals surface area contributed by atoms with Crippen LogP contribution in [-0.2, 0) is 0 Å². The Hall–Kier alpha value is -9.26. The van der Waals surface area contributed by atoms with Crippen molar-refractivity contribution in [1.29, 1.82) is 0 Å². The first-order valence-electron chi connectivity index (χ1n) is 22.6. The largest absolute Gasteiger partial charge is 0.307 e. The van der Waals surface area contributed by atoms with E-state index in [1.54, 1.807) is 24.8 Å². The van der Waals surface area contributed by atoms with Crippen molar-refractivity contribution in [3.8, 4) is 22.3 Å². The van der Waals surface area contributed by atoms with Crippen molar-refractivity contribution in [3.05, 3.63) is 266 Å². The van der Waals surface area contributed by atoms with E-state index >= 15 is 0 Å². The van der Waals surface area contributed by atoms with Crippen LogP contribution in [-0.4, -0.2) is 19.9 Å². The maximum Gasteiger partial charge on any atom is 0.0645 e. The molecule has 0 radical (unpaired) electrons. The summed E-state index contributed by atoms with van der Waals surface area (Å²) >= 11 is 0. The zero-order valence-electron chi connectivity index (χ0n) is 37.1. The van der Waals surface area contributed by atoms with Crippen molar-refractivity contribution in [2.45, 2.75) is 0 Å². The Labute approximate surface area is 396 Å². The van der Waals surface area contributed by atoms with Crippen LogP contribution < -0.4 is 9.80 Å². The SMILES string of the molecule is C(=C\c1ccc2c(-c3ccccc3)c(-c3ccccc3)c3ccc(/C=C/c4ccc(N(c5cccnc5)c5cccnc5)cc4)cc3c2c1)/c1ccc(N(c2cccnc2)c2cccnc2)cc1. The van der Waals surface area contributed by atoms with Crippen molar-refractivity contribution in [2.75, 3.05) is 9.80 Å². The highest BCUT2D eigenvalue weighted by atomic mass is 15.2. The summed E-state index contributed by atoms with van der Waals surface area (Å²) in [6.07, 6.45) is 23.5. The summed E-state index contributed by atoms with van der Waals surface area (Å²) in [5, 5.41) is 4.81. The maximum atomic E-state index is 4.39. The standard InChI is InChI=1S/C62H44N6/c1-3-11-49(12-4-1)61-57-33-27-47(21-19-45-23-29-51(30-24-45)67(53-15-7-35-63-41-53)54-16-8-36-64-42-54)39-59(57)60-40-48(28-34-58(60)62(61)50-13-5-2-6-14-50)22-20-46-25-31-52(32-26-46)68(55-17-9-37-65-43-55)56-18-10-38-66-44-56/h1-44H/b21-19+,22-20+. The first-order valence-corrected chi connectivity index (χ1v) is 22.6. The molecule has 0 saturated heterocycles. The molecule has 0 saturated carbocycles. The highest BCUT2D eigenvalue weighted by molar-refractivity contribution is 6.22. The van der Waals surface area contributed by atoms with Crippen LogP contribution in [0, 0.1) is 0 Å². The molecule has 11 rings (SSSR count). The van der Waals surface area contributed by atoms with E-state index in [-0.39, 0.29) is 0 Å². The van der Waals surface area contributed by atoms with Gasteiger partial charge in [0.15, 0.2) is 0 Å². The van der Waals surface area contributed by atoms with Gasteiger partial charge < -0.3 is 9.80 Å². The first kappa shape index (κ1) is 41.4. The third kappa shape index (κ3) is 8.65. The molecular weight excluding hydrogens is 829 g/mol. The topological polar surface area (TPSA) is 58.0 Å². The average molecular weight is 873 g/mol. The lowest BCUT2D eigenvalue weighted by atomic mass is 9.84. The van der Waals surface area contributed by atoms with E-state index < -0.39 is 0 Å². The van der Waals surface area contributed by atoms with Crippen molar-refractivity contribution >= 4 is 80.0 Å². The van der Waals surface area contributed by atoms with Gasteiger partial charge in [-0.05, 0) is 151 Å². The highest BCUT2D eigenvalue weighted by Gasteiger charge is 2.19. The molecule has 0 fully saturated rings. The Morgan fingerprint density at radius 1 is 0.265 bits per heavy atom. The van der Waals surface area contributed by atoms with Crippen LogP contribution in [0.1, 0.15) is 22.3 Å². The summed E-state index contributed by atoms with van der Waals surface area (Å²) in [6.45, 7) is 0. The van der Waals surface area contributed by atoms with E-state index in [2.05, 4.69) is 224 Å². The Bertz CT molecular complexity index is 3190. The number of rotatable bonds is 12. The Morgan fingerprint density at radius 3 is 0.912 bits per heavy atom. The van der Waals surface area contributed by atoms with Gasteiger partial charge >= 0.3 is 0 Å². The van der Waals surface area contributed by atoms with Gasteiger partial charge in [-0.3, -0.25) is 19.9 Å². The highest BCUT2D eigenvalue weighted by Crippen LogP contribution is 2.45. The monoisotopic (exact) mass is 872 g/mol. The second kappa shape index (κ2) is 19.1. The van der Waals surface area contributed by atoms with Gasteiger partial charge in [-0.15, -0.1) is 0 Å². The predicted molar refractivity (Wildman–Crippen MR) is 284 cm³/mol. The molecule has 0 aliphatic rings. The van der Waals surface area contributed by atoms with E-state index in [9.17, 15) is 0 Å². The first-order chi connectivity index (χ1) is 33.7. The third-order valence-corrected chi connectivity index (χ3v) is 12.1. The van der Waals surface area contributed by atoms with Crippen LogP contribution in [0.2, 0.25) is 0 Å². The Balaban J connectivity index is 0.973. The van der Waals surface area contributed by atoms with Crippen LogP contribution in [0.15, 0.2) is 244 Å². The minimum Gasteiger partial charge on any atom is -0.307 e. The van der Waals surface area contributed by atoms with Crippen LogP contribution in [0.25, 0.3) is 68.1 Å². The Kier molecular flexibility index (Phi) is 11.6. The minimum atomic E-state index is 0.969. The van der Waals surface area contributed by atoms with Gasteiger partial charge in [-0.1, -0.05) is 133 Å².